The van der Waals surface area contributed by atoms with Crippen molar-refractivity contribution < 1.29 is 14.3 Å². The molecule has 0 aliphatic carbocycles. The summed E-state index contributed by atoms with van der Waals surface area (Å²) in [5.74, 6) is 0.109. The van der Waals surface area contributed by atoms with Crippen LogP contribution in [0.4, 0.5) is 5.95 Å². The third-order valence-electron chi connectivity index (χ3n) is 4.60. The molecule has 1 aromatic heterocycles. The molecule has 0 bridgehead atoms. The smallest absolute Gasteiger partial charge is 0.274 e. The number of piperazine rings is 1. The van der Waals surface area contributed by atoms with E-state index in [1.807, 2.05) is 11.8 Å². The van der Waals surface area contributed by atoms with Crippen molar-refractivity contribution >= 4 is 29.4 Å². The molecule has 0 spiro atoms. The van der Waals surface area contributed by atoms with E-state index in [1.54, 1.807) is 9.80 Å². The van der Waals surface area contributed by atoms with Gasteiger partial charge in [0.15, 0.2) is 5.69 Å². The second-order valence-electron chi connectivity index (χ2n) is 6.30. The monoisotopic (exact) mass is 379 g/mol. The summed E-state index contributed by atoms with van der Waals surface area (Å²) < 4.78 is 5.33. The van der Waals surface area contributed by atoms with E-state index < -0.39 is 0 Å². The van der Waals surface area contributed by atoms with Gasteiger partial charge >= 0.3 is 0 Å². The van der Waals surface area contributed by atoms with E-state index in [0.29, 0.717) is 51.9 Å². The number of amides is 2. The second kappa shape index (κ2) is 8.01. The average Bonchev–Trinajstić information content (AvgIpc) is 2.67. The van der Waals surface area contributed by atoms with Crippen LogP contribution in [0.15, 0.2) is 18.9 Å². The number of aromatic nitrogens is 2. The molecule has 9 heteroatoms. The van der Waals surface area contributed by atoms with Crippen molar-refractivity contribution in [2.24, 2.45) is 0 Å². The normalized spacial score (nSPS) is 20.8. The van der Waals surface area contributed by atoms with Gasteiger partial charge in [0.25, 0.3) is 5.91 Å². The number of carbonyl (C=O) groups excluding carboxylic acids is 2. The van der Waals surface area contributed by atoms with Crippen LogP contribution in [-0.2, 0) is 9.53 Å². The Kier molecular flexibility index (Phi) is 5.73. The van der Waals surface area contributed by atoms with Crippen LogP contribution in [0, 0.1) is 0 Å². The van der Waals surface area contributed by atoms with Crippen LogP contribution in [0.25, 0.3) is 0 Å². The molecule has 8 nitrogen and oxygen atoms in total. The number of hydrogen-bond donors (Lipinski definition) is 0. The van der Waals surface area contributed by atoms with Gasteiger partial charge in [-0.2, -0.15) is 0 Å². The zero-order valence-electron chi connectivity index (χ0n) is 14.7. The molecule has 2 saturated heterocycles. The first-order valence-corrected chi connectivity index (χ1v) is 8.96. The van der Waals surface area contributed by atoms with E-state index in [2.05, 4.69) is 16.5 Å². The summed E-state index contributed by atoms with van der Waals surface area (Å²) in [5.41, 5.74) is 0.193. The minimum atomic E-state index is -0.245. The standard InChI is InChI=1S/C17H22ClN5O3/c1-3-14(24)22-4-5-23(12(2)11-22)16(25)15-13(18)10-19-17(20-15)21-6-8-26-9-7-21/h3,10,12H,1,4-9,11H2,2H3/t12-/m0/s1. The highest BCUT2D eigenvalue weighted by atomic mass is 35.5. The predicted molar refractivity (Wildman–Crippen MR) is 97.3 cm³/mol. The van der Waals surface area contributed by atoms with E-state index in [-0.39, 0.29) is 28.6 Å². The summed E-state index contributed by atoms with van der Waals surface area (Å²) >= 11 is 6.21. The van der Waals surface area contributed by atoms with Crippen molar-refractivity contribution in [3.05, 3.63) is 29.6 Å². The number of nitrogens with zero attached hydrogens (tertiary/aromatic N) is 5. The number of hydrogen-bond acceptors (Lipinski definition) is 6. The van der Waals surface area contributed by atoms with Gasteiger partial charge in [-0.3, -0.25) is 9.59 Å². The maximum absolute atomic E-state index is 13.0. The third-order valence-corrected chi connectivity index (χ3v) is 4.88. The molecule has 26 heavy (non-hydrogen) atoms. The molecule has 140 valence electrons. The zero-order valence-corrected chi connectivity index (χ0v) is 15.5. The molecule has 1 atom stereocenters. The molecular weight excluding hydrogens is 358 g/mol. The van der Waals surface area contributed by atoms with Crippen molar-refractivity contribution in [1.29, 1.82) is 0 Å². The molecule has 0 radical (unpaired) electrons. The Balaban J connectivity index is 1.77. The number of rotatable bonds is 3. The van der Waals surface area contributed by atoms with E-state index in [9.17, 15) is 9.59 Å². The lowest BCUT2D eigenvalue weighted by molar-refractivity contribution is -0.128. The fraction of sp³-hybridized carbons (Fsp3) is 0.529. The van der Waals surface area contributed by atoms with Crippen LogP contribution in [0.3, 0.4) is 0 Å². The fourth-order valence-electron chi connectivity index (χ4n) is 3.15. The van der Waals surface area contributed by atoms with Crippen LogP contribution in [0.5, 0.6) is 0 Å². The Morgan fingerprint density at radius 2 is 2.04 bits per heavy atom. The summed E-state index contributed by atoms with van der Waals surface area (Å²) in [7, 11) is 0. The molecule has 3 heterocycles. The highest BCUT2D eigenvalue weighted by Gasteiger charge is 2.31. The highest BCUT2D eigenvalue weighted by molar-refractivity contribution is 6.33. The van der Waals surface area contributed by atoms with Crippen LogP contribution < -0.4 is 4.90 Å². The SMILES string of the molecule is C=CC(=O)N1CCN(C(=O)c2nc(N3CCOCC3)ncc2Cl)[C@@H](C)C1. The maximum Gasteiger partial charge on any atom is 0.274 e. The van der Waals surface area contributed by atoms with Gasteiger partial charge in [0.1, 0.15) is 0 Å². The van der Waals surface area contributed by atoms with Gasteiger partial charge in [-0.1, -0.05) is 18.2 Å². The van der Waals surface area contributed by atoms with Gasteiger partial charge in [0.05, 0.1) is 24.4 Å². The van der Waals surface area contributed by atoms with Crippen LogP contribution in [-0.4, -0.2) is 83.6 Å². The van der Waals surface area contributed by atoms with Gasteiger partial charge in [-0.15, -0.1) is 0 Å². The third kappa shape index (κ3) is 3.81. The molecule has 2 fully saturated rings. The molecule has 2 aliphatic rings. The quantitative estimate of drug-likeness (QED) is 0.724. The summed E-state index contributed by atoms with van der Waals surface area (Å²) in [6.07, 6.45) is 2.76. The molecule has 1 aromatic rings. The molecule has 2 aliphatic heterocycles. The number of ether oxygens (including phenoxy) is 1. The largest absolute Gasteiger partial charge is 0.378 e. The van der Waals surface area contributed by atoms with E-state index in [0.717, 1.165) is 0 Å². The predicted octanol–water partition coefficient (Wildman–Crippen LogP) is 0.825. The Labute approximate surface area is 157 Å². The first-order chi connectivity index (χ1) is 12.5. The average molecular weight is 380 g/mol. The number of carbonyl (C=O) groups is 2. The molecule has 0 aromatic carbocycles. The van der Waals surface area contributed by atoms with Crippen LogP contribution in [0.1, 0.15) is 17.4 Å². The fourth-order valence-corrected chi connectivity index (χ4v) is 3.32. The molecular formula is C17H22ClN5O3. The highest BCUT2D eigenvalue weighted by Crippen LogP contribution is 2.21. The van der Waals surface area contributed by atoms with Crippen molar-refractivity contribution in [2.45, 2.75) is 13.0 Å². The van der Waals surface area contributed by atoms with Crippen molar-refractivity contribution in [1.82, 2.24) is 19.8 Å². The van der Waals surface area contributed by atoms with Crippen LogP contribution in [0.2, 0.25) is 5.02 Å². The van der Waals surface area contributed by atoms with Gasteiger partial charge in [-0.25, -0.2) is 9.97 Å². The molecule has 0 unspecified atom stereocenters. The lowest BCUT2D eigenvalue weighted by Gasteiger charge is -2.39. The summed E-state index contributed by atoms with van der Waals surface area (Å²) in [6.45, 7) is 9.30. The minimum Gasteiger partial charge on any atom is -0.378 e. The van der Waals surface area contributed by atoms with Crippen LogP contribution >= 0.6 is 11.6 Å². The lowest BCUT2D eigenvalue weighted by atomic mass is 10.1. The minimum absolute atomic E-state index is 0.126. The lowest BCUT2D eigenvalue weighted by Crippen LogP contribution is -2.55. The number of morpholine rings is 1. The van der Waals surface area contributed by atoms with Gasteiger partial charge in [0, 0.05) is 38.8 Å². The summed E-state index contributed by atoms with van der Waals surface area (Å²) in [4.78, 5) is 38.8. The van der Waals surface area contributed by atoms with Crippen molar-refractivity contribution in [3.63, 3.8) is 0 Å². The topological polar surface area (TPSA) is 78.9 Å². The second-order valence-corrected chi connectivity index (χ2v) is 6.71. The Morgan fingerprint density at radius 1 is 1.31 bits per heavy atom. The van der Waals surface area contributed by atoms with E-state index in [4.69, 9.17) is 16.3 Å². The van der Waals surface area contributed by atoms with Crippen molar-refractivity contribution in [3.8, 4) is 0 Å². The van der Waals surface area contributed by atoms with Gasteiger partial charge in [-0.05, 0) is 13.0 Å². The van der Waals surface area contributed by atoms with E-state index in [1.165, 1.54) is 12.3 Å². The first-order valence-electron chi connectivity index (χ1n) is 8.58. The number of halogens is 1. The summed E-state index contributed by atoms with van der Waals surface area (Å²) in [5, 5.41) is 0.226. The van der Waals surface area contributed by atoms with Crippen molar-refractivity contribution in [2.75, 3.05) is 50.8 Å². The number of anilines is 1. The Hall–Kier alpha value is -2.19. The van der Waals surface area contributed by atoms with E-state index >= 15 is 0 Å². The summed E-state index contributed by atoms with van der Waals surface area (Å²) in [6, 6.07) is -0.141. The van der Waals surface area contributed by atoms with Gasteiger partial charge < -0.3 is 19.4 Å². The molecule has 0 saturated carbocycles. The molecule has 3 rings (SSSR count). The Morgan fingerprint density at radius 3 is 2.69 bits per heavy atom. The Bertz CT molecular complexity index is 708. The zero-order chi connectivity index (χ0) is 18.7. The van der Waals surface area contributed by atoms with Gasteiger partial charge in [0.2, 0.25) is 11.9 Å². The first kappa shape index (κ1) is 18.6. The molecule has 0 N–H and O–H groups in total. The maximum atomic E-state index is 13.0. The molecule has 2 amide bonds.